The van der Waals surface area contributed by atoms with Gasteiger partial charge >= 0.3 is 0 Å². The van der Waals surface area contributed by atoms with Crippen molar-refractivity contribution in [3.8, 4) is 0 Å². The summed E-state index contributed by atoms with van der Waals surface area (Å²) >= 11 is 3.09. The number of hydrogen-bond acceptors (Lipinski definition) is 3. The summed E-state index contributed by atoms with van der Waals surface area (Å²) in [5.74, 6) is -0.190. The van der Waals surface area contributed by atoms with Crippen LogP contribution in [-0.4, -0.2) is 30.1 Å². The van der Waals surface area contributed by atoms with Gasteiger partial charge in [0.15, 0.2) is 0 Å². The van der Waals surface area contributed by atoms with Gasteiger partial charge in [0, 0.05) is 19.3 Å². The number of carbonyl (C=O) groups excluding carboxylic acids is 1. The molecule has 98 valence electrons. The lowest BCUT2D eigenvalue weighted by Crippen LogP contribution is -2.27. The van der Waals surface area contributed by atoms with E-state index in [0.717, 1.165) is 25.9 Å². The molecule has 2 heterocycles. The monoisotopic (exact) mass is 314 g/mol. The van der Waals surface area contributed by atoms with Gasteiger partial charge in [-0.15, -0.1) is 0 Å². The zero-order chi connectivity index (χ0) is 13.0. The molecule has 5 nitrogen and oxygen atoms in total. The summed E-state index contributed by atoms with van der Waals surface area (Å²) in [5.41, 5.74) is 0.194. The molecule has 0 saturated carbocycles. The van der Waals surface area contributed by atoms with Crippen LogP contribution in [0.25, 0.3) is 0 Å². The van der Waals surface area contributed by atoms with E-state index in [9.17, 15) is 9.59 Å². The summed E-state index contributed by atoms with van der Waals surface area (Å²) in [7, 11) is 0. The molecular formula is C12H15BrN2O3. The van der Waals surface area contributed by atoms with Crippen molar-refractivity contribution >= 4 is 21.8 Å². The lowest BCUT2D eigenvalue weighted by molar-refractivity contribution is 0.0907. The number of H-pyrrole nitrogens is 1. The summed E-state index contributed by atoms with van der Waals surface area (Å²) in [5, 5.41) is 2.81. The smallest absolute Gasteiger partial charge is 0.262 e. The summed E-state index contributed by atoms with van der Waals surface area (Å²) in [4.78, 5) is 25.4. The summed E-state index contributed by atoms with van der Waals surface area (Å²) < 4.78 is 5.82. The number of nitrogens with one attached hydrogen (secondary N) is 2. The second-order valence-corrected chi connectivity index (χ2v) is 5.10. The van der Waals surface area contributed by atoms with Crippen molar-refractivity contribution < 1.29 is 9.53 Å². The molecule has 1 aromatic heterocycles. The highest BCUT2D eigenvalue weighted by Gasteiger charge is 2.15. The highest BCUT2D eigenvalue weighted by molar-refractivity contribution is 9.10. The summed E-state index contributed by atoms with van der Waals surface area (Å²) in [6.45, 7) is 1.41. The topological polar surface area (TPSA) is 71.2 Å². The van der Waals surface area contributed by atoms with E-state index in [1.807, 2.05) is 0 Å². The molecule has 1 saturated heterocycles. The summed E-state index contributed by atoms with van der Waals surface area (Å²) in [6.07, 6.45) is 4.68. The number of aromatic amines is 1. The molecule has 18 heavy (non-hydrogen) atoms. The Morgan fingerprint density at radius 2 is 2.44 bits per heavy atom. The molecule has 1 aliphatic rings. The first-order chi connectivity index (χ1) is 8.66. The van der Waals surface area contributed by atoms with Gasteiger partial charge in [-0.3, -0.25) is 9.59 Å². The highest BCUT2D eigenvalue weighted by Crippen LogP contribution is 2.14. The minimum Gasteiger partial charge on any atom is -0.378 e. The average Bonchev–Trinajstić information content (AvgIpc) is 2.85. The van der Waals surface area contributed by atoms with Crippen molar-refractivity contribution in [2.24, 2.45) is 0 Å². The van der Waals surface area contributed by atoms with Crippen molar-refractivity contribution in [3.05, 3.63) is 32.7 Å². The van der Waals surface area contributed by atoms with Gasteiger partial charge in [-0.25, -0.2) is 0 Å². The van der Waals surface area contributed by atoms with Crippen LogP contribution in [0.3, 0.4) is 0 Å². The zero-order valence-corrected chi connectivity index (χ0v) is 11.5. The zero-order valence-electron chi connectivity index (χ0n) is 9.87. The second-order valence-electron chi connectivity index (χ2n) is 4.25. The number of pyridine rings is 1. The van der Waals surface area contributed by atoms with Crippen molar-refractivity contribution in [1.82, 2.24) is 10.3 Å². The molecule has 1 aromatic rings. The number of aromatic nitrogens is 1. The summed E-state index contributed by atoms with van der Waals surface area (Å²) in [6, 6.07) is 1.51. The minimum absolute atomic E-state index is 0.190. The van der Waals surface area contributed by atoms with Crippen LogP contribution in [0.2, 0.25) is 0 Å². The molecule has 6 heteroatoms. The van der Waals surface area contributed by atoms with E-state index < -0.39 is 0 Å². The third kappa shape index (κ3) is 3.43. The Kier molecular flexibility index (Phi) is 4.54. The number of carbonyl (C=O) groups is 1. The van der Waals surface area contributed by atoms with E-state index in [1.165, 1.54) is 12.3 Å². The fraction of sp³-hybridized carbons (Fsp3) is 0.500. The maximum atomic E-state index is 11.8. The van der Waals surface area contributed by atoms with Crippen molar-refractivity contribution in [2.45, 2.75) is 25.4 Å². The number of rotatable bonds is 4. The lowest BCUT2D eigenvalue weighted by atomic mass is 10.2. The molecule has 1 amide bonds. The Morgan fingerprint density at radius 1 is 1.61 bits per heavy atom. The van der Waals surface area contributed by atoms with Crippen LogP contribution in [0.15, 0.2) is 21.5 Å². The van der Waals surface area contributed by atoms with Crippen LogP contribution in [0.4, 0.5) is 0 Å². The number of ether oxygens (including phenoxy) is 1. The van der Waals surface area contributed by atoms with Crippen molar-refractivity contribution in [1.29, 1.82) is 0 Å². The van der Waals surface area contributed by atoms with Crippen molar-refractivity contribution in [3.63, 3.8) is 0 Å². The molecule has 1 aliphatic heterocycles. The molecular weight excluding hydrogens is 300 g/mol. The van der Waals surface area contributed by atoms with Crippen LogP contribution in [0.5, 0.6) is 0 Å². The molecule has 0 spiro atoms. The van der Waals surface area contributed by atoms with E-state index in [-0.39, 0.29) is 17.6 Å². The number of halogens is 1. The Bertz CT molecular complexity index is 480. The molecule has 0 radical (unpaired) electrons. The fourth-order valence-corrected chi connectivity index (χ4v) is 2.27. The first kappa shape index (κ1) is 13.3. The lowest BCUT2D eigenvalue weighted by Gasteiger charge is -2.10. The number of amides is 1. The molecule has 2 rings (SSSR count). The Hall–Kier alpha value is -1.14. The van der Waals surface area contributed by atoms with E-state index in [1.54, 1.807) is 0 Å². The minimum atomic E-state index is -0.245. The van der Waals surface area contributed by atoms with Crippen LogP contribution < -0.4 is 10.9 Å². The molecule has 1 fully saturated rings. The van der Waals surface area contributed by atoms with Crippen LogP contribution in [-0.2, 0) is 4.74 Å². The van der Waals surface area contributed by atoms with Gasteiger partial charge in [-0.2, -0.15) is 0 Å². The predicted octanol–water partition coefficient (Wildman–Crippen LogP) is 1.44. The third-order valence-corrected chi connectivity index (χ3v) is 3.48. The third-order valence-electron chi connectivity index (χ3n) is 2.90. The van der Waals surface area contributed by atoms with Gasteiger partial charge in [-0.05, 0) is 41.3 Å². The molecule has 0 unspecified atom stereocenters. The quantitative estimate of drug-likeness (QED) is 0.883. The molecule has 0 aliphatic carbocycles. The van der Waals surface area contributed by atoms with Gasteiger partial charge in [0.2, 0.25) is 0 Å². The maximum absolute atomic E-state index is 11.8. The maximum Gasteiger partial charge on any atom is 0.262 e. The SMILES string of the molecule is O=C(NCC[C@H]1CCCO1)c1c[nH]c(=O)c(Br)c1. The standard InChI is InChI=1S/C12H15BrN2O3/c13-10-6-8(7-15-12(10)17)11(16)14-4-3-9-2-1-5-18-9/h6-7,9H,1-5H2,(H,14,16)(H,15,17)/t9-/m1/s1. The van der Waals surface area contributed by atoms with Crippen LogP contribution >= 0.6 is 15.9 Å². The molecule has 2 N–H and O–H groups in total. The van der Waals surface area contributed by atoms with Gasteiger partial charge in [0.25, 0.3) is 11.5 Å². The van der Waals surface area contributed by atoms with Crippen LogP contribution in [0.1, 0.15) is 29.6 Å². The highest BCUT2D eigenvalue weighted by atomic mass is 79.9. The Balaban J connectivity index is 1.83. The average molecular weight is 315 g/mol. The largest absolute Gasteiger partial charge is 0.378 e. The molecule has 0 aromatic carbocycles. The molecule has 0 bridgehead atoms. The molecule has 1 atom stereocenters. The van der Waals surface area contributed by atoms with Gasteiger partial charge in [-0.1, -0.05) is 0 Å². The number of hydrogen-bond donors (Lipinski definition) is 2. The second kappa shape index (κ2) is 6.15. The van der Waals surface area contributed by atoms with E-state index in [2.05, 4.69) is 26.2 Å². The normalized spacial score (nSPS) is 18.8. The van der Waals surface area contributed by atoms with Gasteiger partial charge in [0.1, 0.15) is 0 Å². The fourth-order valence-electron chi connectivity index (χ4n) is 1.91. The first-order valence-electron chi connectivity index (χ1n) is 5.95. The van der Waals surface area contributed by atoms with E-state index >= 15 is 0 Å². The Labute approximate surface area is 113 Å². The first-order valence-corrected chi connectivity index (χ1v) is 6.74. The predicted molar refractivity (Wildman–Crippen MR) is 70.7 cm³/mol. The van der Waals surface area contributed by atoms with Gasteiger partial charge in [0.05, 0.1) is 16.1 Å². The van der Waals surface area contributed by atoms with E-state index in [4.69, 9.17) is 4.74 Å². The van der Waals surface area contributed by atoms with Crippen molar-refractivity contribution in [2.75, 3.05) is 13.2 Å². The Morgan fingerprint density at radius 3 is 3.11 bits per heavy atom. The van der Waals surface area contributed by atoms with E-state index in [0.29, 0.717) is 16.6 Å². The van der Waals surface area contributed by atoms with Crippen LogP contribution in [0, 0.1) is 0 Å². The van der Waals surface area contributed by atoms with Gasteiger partial charge < -0.3 is 15.0 Å².